The first kappa shape index (κ1) is 21.4. The zero-order chi connectivity index (χ0) is 21.1. The van der Waals surface area contributed by atoms with Crippen molar-refractivity contribution in [3.8, 4) is 0 Å². The molecule has 0 atom stereocenters. The van der Waals surface area contributed by atoms with Gasteiger partial charge in [-0.25, -0.2) is 8.42 Å². The maximum atomic E-state index is 12.5. The number of carbonyl (C=O) groups excluding carboxylic acids is 1. The number of hydrogen-bond donors (Lipinski definition) is 2. The van der Waals surface area contributed by atoms with Crippen LogP contribution in [0.4, 0.5) is 24.5 Å². The summed E-state index contributed by atoms with van der Waals surface area (Å²) >= 11 is 5.64. The summed E-state index contributed by atoms with van der Waals surface area (Å²) in [6.45, 7) is -1.60. The fourth-order valence-electron chi connectivity index (χ4n) is 2.05. The van der Waals surface area contributed by atoms with Gasteiger partial charge in [0.2, 0.25) is 0 Å². The highest BCUT2D eigenvalue weighted by Crippen LogP contribution is 2.28. The molecule has 0 heterocycles. The van der Waals surface area contributed by atoms with Crippen LogP contribution in [-0.2, 0) is 10.0 Å². The summed E-state index contributed by atoms with van der Waals surface area (Å²) in [5, 5.41) is 12.3. The lowest BCUT2D eigenvalue weighted by molar-refractivity contribution is -0.384. The van der Waals surface area contributed by atoms with Crippen LogP contribution in [0, 0.1) is 10.1 Å². The zero-order valence-electron chi connectivity index (χ0n) is 13.7. The van der Waals surface area contributed by atoms with Crippen LogP contribution < -0.4 is 10.0 Å². The van der Waals surface area contributed by atoms with Crippen LogP contribution in [-0.4, -0.2) is 32.0 Å². The molecule has 0 unspecified atom stereocenters. The Balaban J connectivity index is 2.34. The molecule has 0 aliphatic carbocycles. The van der Waals surface area contributed by atoms with Crippen molar-refractivity contribution in [1.29, 1.82) is 0 Å². The first-order chi connectivity index (χ1) is 12.9. The third kappa shape index (κ3) is 5.33. The standard InChI is InChI=1S/C15H11ClF3N3O5S/c16-11-6-5-9(7-13(11)22(24)25)28(26,27)21-12-4-2-1-3-10(12)14(23)20-8-15(17,18)19/h1-7,21H,8H2,(H,20,23). The Morgan fingerprint density at radius 1 is 1.18 bits per heavy atom. The molecule has 0 spiro atoms. The summed E-state index contributed by atoms with van der Waals surface area (Å²) < 4.78 is 63.8. The number of nitrogens with zero attached hydrogens (tertiary/aromatic N) is 1. The van der Waals surface area contributed by atoms with Crippen molar-refractivity contribution in [1.82, 2.24) is 5.32 Å². The minimum absolute atomic E-state index is 0.282. The van der Waals surface area contributed by atoms with Gasteiger partial charge in [-0.1, -0.05) is 23.7 Å². The van der Waals surface area contributed by atoms with E-state index in [4.69, 9.17) is 11.6 Å². The van der Waals surface area contributed by atoms with Gasteiger partial charge in [0.1, 0.15) is 11.6 Å². The van der Waals surface area contributed by atoms with E-state index < -0.39 is 44.2 Å². The number of carbonyl (C=O) groups is 1. The van der Waals surface area contributed by atoms with E-state index in [-0.39, 0.29) is 16.3 Å². The van der Waals surface area contributed by atoms with Crippen LogP contribution in [0.15, 0.2) is 47.4 Å². The van der Waals surface area contributed by atoms with E-state index in [1.807, 2.05) is 4.72 Å². The lowest BCUT2D eigenvalue weighted by atomic mass is 10.1. The van der Waals surface area contributed by atoms with Crippen LogP contribution in [0.1, 0.15) is 10.4 Å². The minimum atomic E-state index is -4.65. The average Bonchev–Trinajstić information content (AvgIpc) is 2.59. The molecule has 0 aliphatic heterocycles. The third-order valence-electron chi connectivity index (χ3n) is 3.29. The quantitative estimate of drug-likeness (QED) is 0.530. The number of anilines is 1. The van der Waals surface area contributed by atoms with Crippen molar-refractivity contribution < 1.29 is 31.3 Å². The van der Waals surface area contributed by atoms with Crippen molar-refractivity contribution in [3.05, 3.63) is 63.2 Å². The predicted octanol–water partition coefficient (Wildman–Crippen LogP) is 3.34. The Morgan fingerprint density at radius 2 is 1.82 bits per heavy atom. The number of sulfonamides is 1. The Kier molecular flexibility index (Phi) is 6.14. The number of nitro groups is 1. The maximum Gasteiger partial charge on any atom is 0.405 e. The lowest BCUT2D eigenvalue weighted by Gasteiger charge is -2.13. The van der Waals surface area contributed by atoms with E-state index in [0.717, 1.165) is 30.3 Å². The molecule has 2 N–H and O–H groups in total. The highest BCUT2D eigenvalue weighted by Gasteiger charge is 2.29. The van der Waals surface area contributed by atoms with Crippen LogP contribution >= 0.6 is 11.6 Å². The SMILES string of the molecule is O=C(NCC(F)(F)F)c1ccccc1NS(=O)(=O)c1ccc(Cl)c([N+](=O)[O-])c1. The number of para-hydroxylation sites is 1. The fraction of sp³-hybridized carbons (Fsp3) is 0.133. The van der Waals surface area contributed by atoms with Crippen LogP contribution in [0.25, 0.3) is 0 Å². The molecule has 0 fully saturated rings. The van der Waals surface area contributed by atoms with Crippen molar-refractivity contribution in [2.24, 2.45) is 0 Å². The molecule has 0 saturated carbocycles. The van der Waals surface area contributed by atoms with Crippen molar-refractivity contribution in [2.45, 2.75) is 11.1 Å². The average molecular weight is 438 g/mol. The van der Waals surface area contributed by atoms with Gasteiger partial charge in [0.25, 0.3) is 21.6 Å². The van der Waals surface area contributed by atoms with E-state index >= 15 is 0 Å². The monoisotopic (exact) mass is 437 g/mol. The topological polar surface area (TPSA) is 118 Å². The molecule has 2 aromatic rings. The van der Waals surface area contributed by atoms with Gasteiger partial charge in [-0.3, -0.25) is 19.6 Å². The van der Waals surface area contributed by atoms with E-state index in [0.29, 0.717) is 0 Å². The van der Waals surface area contributed by atoms with Gasteiger partial charge in [0.15, 0.2) is 0 Å². The van der Waals surface area contributed by atoms with Gasteiger partial charge in [-0.05, 0) is 24.3 Å². The summed E-state index contributed by atoms with van der Waals surface area (Å²) in [5.41, 5.74) is -1.32. The number of benzene rings is 2. The number of hydrogen-bond acceptors (Lipinski definition) is 5. The molecule has 0 aromatic heterocycles. The number of alkyl halides is 3. The molecule has 0 aliphatic rings. The van der Waals surface area contributed by atoms with Crippen LogP contribution in [0.5, 0.6) is 0 Å². The van der Waals surface area contributed by atoms with Gasteiger partial charge in [-0.2, -0.15) is 13.2 Å². The van der Waals surface area contributed by atoms with Gasteiger partial charge >= 0.3 is 6.18 Å². The normalized spacial score (nSPS) is 11.7. The molecule has 28 heavy (non-hydrogen) atoms. The summed E-state index contributed by atoms with van der Waals surface area (Å²) in [5.74, 6) is -1.15. The number of amides is 1. The largest absolute Gasteiger partial charge is 0.405 e. The fourth-order valence-corrected chi connectivity index (χ4v) is 3.33. The molecular weight excluding hydrogens is 427 g/mol. The summed E-state index contributed by atoms with van der Waals surface area (Å²) in [7, 11) is -4.40. The lowest BCUT2D eigenvalue weighted by Crippen LogP contribution is -2.34. The second kappa shape index (κ2) is 8.02. The highest BCUT2D eigenvalue weighted by molar-refractivity contribution is 7.92. The van der Waals surface area contributed by atoms with Gasteiger partial charge in [0.05, 0.1) is 21.1 Å². The Bertz CT molecular complexity index is 1030. The summed E-state index contributed by atoms with van der Waals surface area (Å²) in [6.07, 6.45) is -4.65. The van der Waals surface area contributed by atoms with Gasteiger partial charge in [0, 0.05) is 6.07 Å². The highest BCUT2D eigenvalue weighted by atomic mass is 35.5. The third-order valence-corrected chi connectivity index (χ3v) is 4.97. The molecule has 8 nitrogen and oxygen atoms in total. The molecule has 150 valence electrons. The van der Waals surface area contributed by atoms with Gasteiger partial charge in [-0.15, -0.1) is 0 Å². The molecule has 2 rings (SSSR count). The Morgan fingerprint density at radius 3 is 2.43 bits per heavy atom. The van der Waals surface area contributed by atoms with Crippen molar-refractivity contribution >= 4 is 38.9 Å². The maximum absolute atomic E-state index is 12.5. The number of nitro benzene ring substituents is 1. The van der Waals surface area contributed by atoms with Crippen molar-refractivity contribution in [3.63, 3.8) is 0 Å². The molecule has 0 radical (unpaired) electrons. The van der Waals surface area contributed by atoms with E-state index in [1.165, 1.54) is 12.1 Å². The summed E-state index contributed by atoms with van der Waals surface area (Å²) in [6, 6.07) is 7.69. The molecule has 1 amide bonds. The Hall–Kier alpha value is -2.86. The van der Waals surface area contributed by atoms with E-state index in [2.05, 4.69) is 0 Å². The van der Waals surface area contributed by atoms with Crippen LogP contribution in [0.2, 0.25) is 5.02 Å². The first-order valence-electron chi connectivity index (χ1n) is 7.31. The Labute approximate surface area is 161 Å². The second-order valence-electron chi connectivity index (χ2n) is 5.32. The second-order valence-corrected chi connectivity index (χ2v) is 7.41. The van der Waals surface area contributed by atoms with Crippen molar-refractivity contribution in [2.75, 3.05) is 11.3 Å². The number of nitrogens with one attached hydrogen (secondary N) is 2. The first-order valence-corrected chi connectivity index (χ1v) is 9.17. The molecule has 2 aromatic carbocycles. The van der Waals surface area contributed by atoms with Crippen LogP contribution in [0.3, 0.4) is 0 Å². The zero-order valence-corrected chi connectivity index (χ0v) is 15.2. The van der Waals surface area contributed by atoms with E-state index in [1.54, 1.807) is 5.32 Å². The molecular formula is C15H11ClF3N3O5S. The summed E-state index contributed by atoms with van der Waals surface area (Å²) in [4.78, 5) is 21.5. The molecule has 0 saturated heterocycles. The van der Waals surface area contributed by atoms with Gasteiger partial charge < -0.3 is 5.32 Å². The number of rotatable bonds is 6. The van der Waals surface area contributed by atoms with E-state index in [9.17, 15) is 36.5 Å². The number of halogens is 4. The molecule has 13 heteroatoms. The minimum Gasteiger partial charge on any atom is -0.343 e. The molecule has 0 bridgehead atoms. The smallest absolute Gasteiger partial charge is 0.343 e. The predicted molar refractivity (Wildman–Crippen MR) is 93.7 cm³/mol.